The second kappa shape index (κ2) is 6.19. The molecule has 1 rings (SSSR count). The van der Waals surface area contributed by atoms with Crippen molar-refractivity contribution in [2.45, 2.75) is 33.6 Å². The molecule has 19 heavy (non-hydrogen) atoms. The van der Waals surface area contributed by atoms with Crippen molar-refractivity contribution in [2.75, 3.05) is 5.32 Å². The normalized spacial score (nSPS) is 11.2. The number of carboxylic acid groups (broad SMARTS) is 1. The quantitative estimate of drug-likeness (QED) is 0.868. The van der Waals surface area contributed by atoms with Crippen LogP contribution in [-0.2, 0) is 9.59 Å². The van der Waals surface area contributed by atoms with Gasteiger partial charge < -0.3 is 10.4 Å². The Bertz CT molecular complexity index is 497. The van der Waals surface area contributed by atoms with Crippen LogP contribution in [0.5, 0.6) is 0 Å². The van der Waals surface area contributed by atoms with Crippen molar-refractivity contribution < 1.29 is 14.7 Å². The van der Waals surface area contributed by atoms with Crippen LogP contribution in [0.3, 0.4) is 0 Å². The van der Waals surface area contributed by atoms with Gasteiger partial charge in [-0.1, -0.05) is 29.8 Å². The number of anilines is 1. The molecule has 5 heteroatoms. The summed E-state index contributed by atoms with van der Waals surface area (Å²) in [6.07, 6.45) is 0.147. The predicted octanol–water partition coefficient (Wildman–Crippen LogP) is 3.59. The first kappa shape index (κ1) is 15.7. The number of amides is 1. The van der Waals surface area contributed by atoms with E-state index in [0.29, 0.717) is 0 Å². The van der Waals surface area contributed by atoms with E-state index in [2.05, 4.69) is 21.2 Å². The van der Waals surface area contributed by atoms with Crippen LogP contribution in [0.2, 0.25) is 0 Å². The molecule has 4 nitrogen and oxygen atoms in total. The summed E-state index contributed by atoms with van der Waals surface area (Å²) in [5.74, 6) is -1.06. The highest BCUT2D eigenvalue weighted by molar-refractivity contribution is 9.10. The number of nitrogens with one attached hydrogen (secondary N) is 1. The Balaban J connectivity index is 2.64. The molecular formula is C14H18BrNO3. The molecule has 0 heterocycles. The minimum atomic E-state index is -0.891. The number of halogens is 1. The van der Waals surface area contributed by atoms with Crippen LogP contribution in [0.15, 0.2) is 22.7 Å². The second-order valence-corrected chi connectivity index (χ2v) is 6.28. The Morgan fingerprint density at radius 1 is 1.32 bits per heavy atom. The minimum absolute atomic E-state index is 0.0280. The van der Waals surface area contributed by atoms with Gasteiger partial charge >= 0.3 is 5.97 Å². The number of carbonyl (C=O) groups is 2. The topological polar surface area (TPSA) is 66.4 Å². The molecule has 0 aliphatic rings. The number of aliphatic carboxylic acids is 1. The minimum Gasteiger partial charge on any atom is -0.481 e. The van der Waals surface area contributed by atoms with E-state index < -0.39 is 11.4 Å². The van der Waals surface area contributed by atoms with Gasteiger partial charge in [-0.2, -0.15) is 0 Å². The van der Waals surface area contributed by atoms with Crippen molar-refractivity contribution in [3.8, 4) is 0 Å². The van der Waals surface area contributed by atoms with Crippen LogP contribution in [0, 0.1) is 12.3 Å². The second-order valence-electron chi connectivity index (χ2n) is 5.42. The van der Waals surface area contributed by atoms with Crippen molar-refractivity contribution in [1.29, 1.82) is 0 Å². The van der Waals surface area contributed by atoms with Crippen LogP contribution < -0.4 is 5.32 Å². The molecule has 1 aromatic rings. The summed E-state index contributed by atoms with van der Waals surface area (Å²) in [5, 5.41) is 11.6. The molecule has 0 aliphatic heterocycles. The van der Waals surface area contributed by atoms with Gasteiger partial charge in [0, 0.05) is 16.6 Å². The van der Waals surface area contributed by atoms with Crippen molar-refractivity contribution in [2.24, 2.45) is 5.41 Å². The fraction of sp³-hybridized carbons (Fsp3) is 0.429. The van der Waals surface area contributed by atoms with Gasteiger partial charge in [-0.25, -0.2) is 0 Å². The Labute approximate surface area is 121 Å². The van der Waals surface area contributed by atoms with E-state index in [1.807, 2.05) is 19.1 Å². The molecule has 0 unspecified atom stereocenters. The smallest absolute Gasteiger partial charge is 0.303 e. The molecule has 1 amide bonds. The van der Waals surface area contributed by atoms with Gasteiger partial charge in [-0.05, 0) is 36.1 Å². The van der Waals surface area contributed by atoms with E-state index in [1.165, 1.54) is 0 Å². The van der Waals surface area contributed by atoms with Gasteiger partial charge in [-0.15, -0.1) is 0 Å². The number of hydrogen-bond acceptors (Lipinski definition) is 2. The van der Waals surface area contributed by atoms with E-state index in [9.17, 15) is 9.59 Å². The first-order valence-electron chi connectivity index (χ1n) is 5.97. The van der Waals surface area contributed by atoms with E-state index >= 15 is 0 Å². The summed E-state index contributed by atoms with van der Waals surface area (Å²) in [4.78, 5) is 22.6. The molecule has 2 N–H and O–H groups in total. The standard InChI is InChI=1S/C14H18BrNO3/c1-9-6-10(4-5-11(9)15)16-12(17)7-14(2,3)8-13(18)19/h4-6H,7-8H2,1-3H3,(H,16,17)(H,18,19). The lowest BCUT2D eigenvalue weighted by molar-refractivity contribution is -0.139. The van der Waals surface area contributed by atoms with Crippen molar-refractivity contribution in [3.63, 3.8) is 0 Å². The third-order valence-electron chi connectivity index (χ3n) is 2.71. The summed E-state index contributed by atoms with van der Waals surface area (Å²) < 4.78 is 0.983. The zero-order valence-corrected chi connectivity index (χ0v) is 12.9. The number of aryl methyl sites for hydroxylation is 1. The predicted molar refractivity (Wildman–Crippen MR) is 78.2 cm³/mol. The molecule has 1 aromatic carbocycles. The highest BCUT2D eigenvalue weighted by Crippen LogP contribution is 2.26. The van der Waals surface area contributed by atoms with Gasteiger partial charge in [0.25, 0.3) is 0 Å². The zero-order chi connectivity index (χ0) is 14.6. The number of hydrogen-bond donors (Lipinski definition) is 2. The SMILES string of the molecule is Cc1cc(NC(=O)CC(C)(C)CC(=O)O)ccc1Br. The average Bonchev–Trinajstić information content (AvgIpc) is 2.20. The molecule has 0 atom stereocenters. The molecule has 0 radical (unpaired) electrons. The largest absolute Gasteiger partial charge is 0.481 e. The van der Waals surface area contributed by atoms with E-state index in [4.69, 9.17) is 5.11 Å². The maximum Gasteiger partial charge on any atom is 0.303 e. The molecule has 0 saturated carbocycles. The molecule has 0 fully saturated rings. The number of benzene rings is 1. The average molecular weight is 328 g/mol. The number of rotatable bonds is 5. The lowest BCUT2D eigenvalue weighted by Crippen LogP contribution is -2.24. The van der Waals surface area contributed by atoms with Crippen LogP contribution in [0.25, 0.3) is 0 Å². The molecule has 0 bridgehead atoms. The summed E-state index contributed by atoms with van der Waals surface area (Å²) in [6, 6.07) is 5.54. The van der Waals surface area contributed by atoms with Crippen LogP contribution in [0.4, 0.5) is 5.69 Å². The highest BCUT2D eigenvalue weighted by atomic mass is 79.9. The number of carboxylic acids is 1. The van der Waals surface area contributed by atoms with Crippen LogP contribution in [0.1, 0.15) is 32.3 Å². The number of carbonyl (C=O) groups excluding carboxylic acids is 1. The van der Waals surface area contributed by atoms with Crippen molar-refractivity contribution in [1.82, 2.24) is 0 Å². The van der Waals surface area contributed by atoms with E-state index in [1.54, 1.807) is 19.9 Å². The molecule has 0 spiro atoms. The molecule has 104 valence electrons. The maximum atomic E-state index is 11.9. The first-order chi connectivity index (χ1) is 8.69. The molecule has 0 aliphatic carbocycles. The summed E-state index contributed by atoms with van der Waals surface area (Å²) in [5.41, 5.74) is 1.19. The molecule has 0 saturated heterocycles. The van der Waals surface area contributed by atoms with Crippen LogP contribution in [-0.4, -0.2) is 17.0 Å². The van der Waals surface area contributed by atoms with Gasteiger partial charge in [-0.3, -0.25) is 9.59 Å². The summed E-state index contributed by atoms with van der Waals surface area (Å²) in [7, 11) is 0. The van der Waals surface area contributed by atoms with Gasteiger partial charge in [0.15, 0.2) is 0 Å². The molecular weight excluding hydrogens is 310 g/mol. The van der Waals surface area contributed by atoms with Crippen molar-refractivity contribution in [3.05, 3.63) is 28.2 Å². The van der Waals surface area contributed by atoms with E-state index in [-0.39, 0.29) is 18.7 Å². The third-order valence-corrected chi connectivity index (χ3v) is 3.60. The summed E-state index contributed by atoms with van der Waals surface area (Å²) >= 11 is 3.39. The fourth-order valence-corrected chi connectivity index (χ4v) is 2.08. The molecule has 0 aromatic heterocycles. The Morgan fingerprint density at radius 3 is 2.47 bits per heavy atom. The van der Waals surface area contributed by atoms with Gasteiger partial charge in [0.05, 0.1) is 6.42 Å². The van der Waals surface area contributed by atoms with Crippen LogP contribution >= 0.6 is 15.9 Å². The Kier molecular flexibility index (Phi) is 5.11. The zero-order valence-electron chi connectivity index (χ0n) is 11.3. The van der Waals surface area contributed by atoms with E-state index in [0.717, 1.165) is 15.7 Å². The lowest BCUT2D eigenvalue weighted by atomic mass is 9.85. The fourth-order valence-electron chi connectivity index (χ4n) is 1.83. The van der Waals surface area contributed by atoms with Crippen molar-refractivity contribution >= 4 is 33.5 Å². The lowest BCUT2D eigenvalue weighted by Gasteiger charge is -2.21. The first-order valence-corrected chi connectivity index (χ1v) is 6.77. The Morgan fingerprint density at radius 2 is 1.95 bits per heavy atom. The monoisotopic (exact) mass is 327 g/mol. The summed E-state index contributed by atoms with van der Waals surface area (Å²) in [6.45, 7) is 5.48. The highest BCUT2D eigenvalue weighted by Gasteiger charge is 2.25. The van der Waals surface area contributed by atoms with Gasteiger partial charge in [0.2, 0.25) is 5.91 Å². The Hall–Kier alpha value is -1.36. The van der Waals surface area contributed by atoms with Gasteiger partial charge in [0.1, 0.15) is 0 Å². The third kappa shape index (κ3) is 5.42. The maximum absolute atomic E-state index is 11.9.